The topological polar surface area (TPSA) is 57.4 Å². The fourth-order valence-corrected chi connectivity index (χ4v) is 1.75. The molecule has 5 heteroatoms. The normalized spacial score (nSPS) is 10.3. The number of methoxy groups -OCH3 is 1. The highest BCUT2D eigenvalue weighted by atomic mass is 35.5. The molecule has 0 unspecified atom stereocenters. The minimum Gasteiger partial charge on any atom is -0.497 e. The smallest absolute Gasteiger partial charge is 0.213 e. The lowest BCUT2D eigenvalue weighted by molar-refractivity contribution is 0.293. The summed E-state index contributed by atoms with van der Waals surface area (Å²) in [4.78, 5) is 4.24. The first-order valence-corrected chi connectivity index (χ1v) is 6.22. The number of ether oxygens (including phenoxy) is 2. The van der Waals surface area contributed by atoms with Crippen LogP contribution in [0.25, 0.3) is 0 Å². The summed E-state index contributed by atoms with van der Waals surface area (Å²) < 4.78 is 10.7. The summed E-state index contributed by atoms with van der Waals surface area (Å²) >= 11 is 5.93. The monoisotopic (exact) mass is 278 g/mol. The van der Waals surface area contributed by atoms with Crippen molar-refractivity contribution in [2.24, 2.45) is 5.73 Å². The van der Waals surface area contributed by atoms with E-state index in [2.05, 4.69) is 4.98 Å². The molecule has 0 aliphatic rings. The van der Waals surface area contributed by atoms with Crippen molar-refractivity contribution in [3.8, 4) is 11.6 Å². The second-order valence-corrected chi connectivity index (χ2v) is 4.33. The van der Waals surface area contributed by atoms with E-state index in [1.807, 2.05) is 24.3 Å². The maximum absolute atomic E-state index is 5.93. The van der Waals surface area contributed by atoms with E-state index in [-0.39, 0.29) is 0 Å². The molecule has 0 aliphatic carbocycles. The average Bonchev–Trinajstić information content (AvgIpc) is 2.47. The number of benzene rings is 1. The Morgan fingerprint density at radius 2 is 1.89 bits per heavy atom. The van der Waals surface area contributed by atoms with Gasteiger partial charge in [0, 0.05) is 12.6 Å². The van der Waals surface area contributed by atoms with E-state index in [0.29, 0.717) is 29.7 Å². The Kier molecular flexibility index (Phi) is 4.60. The summed E-state index contributed by atoms with van der Waals surface area (Å²) in [6.07, 6.45) is 0. The second kappa shape index (κ2) is 6.41. The second-order valence-electron chi connectivity index (χ2n) is 3.92. The van der Waals surface area contributed by atoms with Crippen molar-refractivity contribution in [2.45, 2.75) is 13.2 Å². The quantitative estimate of drug-likeness (QED) is 0.914. The van der Waals surface area contributed by atoms with Crippen molar-refractivity contribution in [3.63, 3.8) is 0 Å². The number of halogens is 1. The van der Waals surface area contributed by atoms with Crippen LogP contribution in [0.1, 0.15) is 11.3 Å². The van der Waals surface area contributed by atoms with Crippen LogP contribution >= 0.6 is 11.6 Å². The third kappa shape index (κ3) is 3.59. The molecule has 0 radical (unpaired) electrons. The van der Waals surface area contributed by atoms with Crippen LogP contribution in [-0.2, 0) is 13.2 Å². The van der Waals surface area contributed by atoms with Crippen LogP contribution in [0, 0.1) is 0 Å². The summed E-state index contributed by atoms with van der Waals surface area (Å²) in [5.41, 5.74) is 7.21. The van der Waals surface area contributed by atoms with Crippen molar-refractivity contribution >= 4 is 11.6 Å². The molecule has 1 aromatic heterocycles. The lowest BCUT2D eigenvalue weighted by atomic mass is 10.2. The number of hydrogen-bond donors (Lipinski definition) is 1. The molecular weight excluding hydrogens is 264 g/mol. The molecule has 0 saturated carbocycles. The van der Waals surface area contributed by atoms with Crippen molar-refractivity contribution in [2.75, 3.05) is 7.11 Å². The Bertz CT molecular complexity index is 544. The Morgan fingerprint density at radius 3 is 2.53 bits per heavy atom. The van der Waals surface area contributed by atoms with Gasteiger partial charge in [-0.05, 0) is 23.8 Å². The predicted octanol–water partition coefficient (Wildman–Crippen LogP) is 2.78. The van der Waals surface area contributed by atoms with Crippen LogP contribution in [0.15, 0.2) is 36.4 Å². The molecule has 0 spiro atoms. The SMILES string of the molecule is COc1ccc(COc2ccc(Cl)c(CN)n2)cc1. The van der Waals surface area contributed by atoms with Gasteiger partial charge in [-0.1, -0.05) is 23.7 Å². The van der Waals surface area contributed by atoms with Crippen molar-refractivity contribution in [1.82, 2.24) is 4.98 Å². The molecule has 0 amide bonds. The van der Waals surface area contributed by atoms with Crippen molar-refractivity contribution in [3.05, 3.63) is 52.7 Å². The lowest BCUT2D eigenvalue weighted by Gasteiger charge is -2.08. The van der Waals surface area contributed by atoms with Gasteiger partial charge in [-0.15, -0.1) is 0 Å². The molecule has 0 saturated heterocycles. The first-order chi connectivity index (χ1) is 9.22. The molecule has 100 valence electrons. The van der Waals surface area contributed by atoms with Crippen molar-refractivity contribution in [1.29, 1.82) is 0 Å². The van der Waals surface area contributed by atoms with E-state index < -0.39 is 0 Å². The number of nitrogens with two attached hydrogens (primary N) is 1. The van der Waals surface area contributed by atoms with E-state index in [0.717, 1.165) is 11.3 Å². The predicted molar refractivity (Wildman–Crippen MR) is 74.5 cm³/mol. The Labute approximate surface area is 117 Å². The standard InChI is InChI=1S/C14H15ClN2O2/c1-18-11-4-2-10(3-5-11)9-19-14-7-6-12(15)13(8-16)17-14/h2-7H,8-9,16H2,1H3. The molecule has 19 heavy (non-hydrogen) atoms. The molecule has 0 bridgehead atoms. The van der Waals surface area contributed by atoms with E-state index in [4.69, 9.17) is 26.8 Å². The van der Waals surface area contributed by atoms with Gasteiger partial charge in [-0.3, -0.25) is 0 Å². The summed E-state index contributed by atoms with van der Waals surface area (Å²) in [6, 6.07) is 11.1. The van der Waals surface area contributed by atoms with Crippen LogP contribution in [0.3, 0.4) is 0 Å². The van der Waals surface area contributed by atoms with Gasteiger partial charge in [0.05, 0.1) is 17.8 Å². The molecule has 1 heterocycles. The zero-order chi connectivity index (χ0) is 13.7. The van der Waals surface area contributed by atoms with Gasteiger partial charge < -0.3 is 15.2 Å². The molecule has 0 atom stereocenters. The maximum Gasteiger partial charge on any atom is 0.213 e. The van der Waals surface area contributed by atoms with E-state index in [1.165, 1.54) is 0 Å². The third-order valence-electron chi connectivity index (χ3n) is 2.63. The van der Waals surface area contributed by atoms with Crippen LogP contribution < -0.4 is 15.2 Å². The lowest BCUT2D eigenvalue weighted by Crippen LogP contribution is -2.03. The number of rotatable bonds is 5. The maximum atomic E-state index is 5.93. The van der Waals surface area contributed by atoms with Gasteiger partial charge in [-0.25, -0.2) is 4.98 Å². The minimum absolute atomic E-state index is 0.290. The molecule has 2 N–H and O–H groups in total. The van der Waals surface area contributed by atoms with E-state index >= 15 is 0 Å². The highest BCUT2D eigenvalue weighted by molar-refractivity contribution is 6.31. The van der Waals surface area contributed by atoms with Crippen molar-refractivity contribution < 1.29 is 9.47 Å². The minimum atomic E-state index is 0.290. The summed E-state index contributed by atoms with van der Waals surface area (Å²) in [7, 11) is 1.64. The fraction of sp³-hybridized carbons (Fsp3) is 0.214. The Balaban J connectivity index is 2.01. The zero-order valence-corrected chi connectivity index (χ0v) is 11.4. The highest BCUT2D eigenvalue weighted by Crippen LogP contribution is 2.19. The first-order valence-electron chi connectivity index (χ1n) is 5.84. The molecule has 0 fully saturated rings. The molecule has 2 aromatic rings. The summed E-state index contributed by atoms with van der Waals surface area (Å²) in [5, 5.41) is 0.555. The van der Waals surface area contributed by atoms with Gasteiger partial charge in [-0.2, -0.15) is 0 Å². The Hall–Kier alpha value is -1.78. The first kappa shape index (κ1) is 13.6. The largest absolute Gasteiger partial charge is 0.497 e. The van der Waals surface area contributed by atoms with Crippen LogP contribution in [0.2, 0.25) is 5.02 Å². The average molecular weight is 279 g/mol. The van der Waals surface area contributed by atoms with Gasteiger partial charge in [0.2, 0.25) is 5.88 Å². The zero-order valence-electron chi connectivity index (χ0n) is 10.6. The van der Waals surface area contributed by atoms with E-state index in [9.17, 15) is 0 Å². The van der Waals surface area contributed by atoms with Crippen LogP contribution in [-0.4, -0.2) is 12.1 Å². The van der Waals surface area contributed by atoms with Crippen LogP contribution in [0.5, 0.6) is 11.6 Å². The molecule has 0 aliphatic heterocycles. The number of hydrogen-bond acceptors (Lipinski definition) is 4. The van der Waals surface area contributed by atoms with Gasteiger partial charge in [0.1, 0.15) is 12.4 Å². The third-order valence-corrected chi connectivity index (χ3v) is 2.98. The molecule has 4 nitrogen and oxygen atoms in total. The number of pyridine rings is 1. The van der Waals surface area contributed by atoms with Gasteiger partial charge >= 0.3 is 0 Å². The van der Waals surface area contributed by atoms with Gasteiger partial charge in [0.25, 0.3) is 0 Å². The highest BCUT2D eigenvalue weighted by Gasteiger charge is 2.03. The van der Waals surface area contributed by atoms with Crippen LogP contribution in [0.4, 0.5) is 0 Å². The molecular formula is C14H15ClN2O2. The summed E-state index contributed by atoms with van der Waals surface area (Å²) in [6.45, 7) is 0.723. The van der Waals surface area contributed by atoms with E-state index in [1.54, 1.807) is 19.2 Å². The van der Waals surface area contributed by atoms with Gasteiger partial charge in [0.15, 0.2) is 0 Å². The molecule has 1 aromatic carbocycles. The number of nitrogens with zero attached hydrogens (tertiary/aromatic N) is 1. The molecule has 2 rings (SSSR count). The fourth-order valence-electron chi connectivity index (χ4n) is 1.57. The number of aromatic nitrogens is 1. The summed E-state index contributed by atoms with van der Waals surface area (Å²) in [5.74, 6) is 1.33. The Morgan fingerprint density at radius 1 is 1.16 bits per heavy atom.